The molecule has 2 saturated heterocycles. The molecule has 2 fully saturated rings. The number of hydrogen-bond acceptors (Lipinski definition) is 3. The fraction of sp³-hybridized carbons (Fsp3) is 0.909. The second-order valence-electron chi connectivity index (χ2n) is 4.48. The van der Waals surface area contributed by atoms with Crippen LogP contribution in [0.25, 0.3) is 0 Å². The van der Waals surface area contributed by atoms with Crippen LogP contribution in [0, 0.1) is 0 Å². The number of aliphatic carboxylic acids is 1. The van der Waals surface area contributed by atoms with Crippen molar-refractivity contribution in [1.82, 2.24) is 4.90 Å². The number of nitrogens with zero attached hydrogens (tertiary/aromatic N) is 1. The number of likely N-dealkylation sites (tertiary alicyclic amines) is 1. The van der Waals surface area contributed by atoms with E-state index >= 15 is 0 Å². The first-order valence-electron chi connectivity index (χ1n) is 5.82. The molecule has 0 bridgehead atoms. The van der Waals surface area contributed by atoms with E-state index in [1.807, 2.05) is 0 Å². The Morgan fingerprint density at radius 3 is 2.73 bits per heavy atom. The molecule has 0 aliphatic carbocycles. The first-order valence-corrected chi connectivity index (χ1v) is 5.82. The van der Waals surface area contributed by atoms with Crippen molar-refractivity contribution in [2.24, 2.45) is 0 Å². The van der Waals surface area contributed by atoms with E-state index in [9.17, 15) is 4.79 Å². The quantitative estimate of drug-likeness (QED) is 0.763. The third-order valence-electron chi connectivity index (χ3n) is 3.49. The van der Waals surface area contributed by atoms with Gasteiger partial charge in [-0.2, -0.15) is 0 Å². The molecule has 1 N–H and O–H groups in total. The number of hydrogen-bond donors (Lipinski definition) is 1. The summed E-state index contributed by atoms with van der Waals surface area (Å²) in [5, 5.41) is 8.84. The maximum atomic E-state index is 10.7. The normalized spacial score (nSPS) is 29.5. The first kappa shape index (κ1) is 10.9. The summed E-state index contributed by atoms with van der Waals surface area (Å²) in [6.45, 7) is 2.74. The Morgan fingerprint density at radius 2 is 2.07 bits per heavy atom. The summed E-state index contributed by atoms with van der Waals surface area (Å²) >= 11 is 0. The highest BCUT2D eigenvalue weighted by atomic mass is 16.5. The monoisotopic (exact) mass is 213 g/mol. The van der Waals surface area contributed by atoms with Crippen LogP contribution in [0.5, 0.6) is 0 Å². The number of carboxylic acids is 1. The Bertz CT molecular complexity index is 226. The van der Waals surface area contributed by atoms with Gasteiger partial charge in [0, 0.05) is 25.3 Å². The van der Waals surface area contributed by atoms with E-state index in [0.717, 1.165) is 45.4 Å². The molecule has 2 aliphatic heterocycles. The molecule has 2 heterocycles. The van der Waals surface area contributed by atoms with Gasteiger partial charge in [-0.25, -0.2) is 0 Å². The van der Waals surface area contributed by atoms with Crippen LogP contribution < -0.4 is 0 Å². The average molecular weight is 213 g/mol. The Kier molecular flexibility index (Phi) is 3.59. The van der Waals surface area contributed by atoms with Crippen molar-refractivity contribution in [2.45, 2.75) is 44.2 Å². The molecule has 2 rings (SSSR count). The number of ether oxygens (including phenoxy) is 1. The topological polar surface area (TPSA) is 49.8 Å². The Balaban J connectivity index is 1.91. The van der Waals surface area contributed by atoms with Crippen LogP contribution in [0.1, 0.15) is 32.1 Å². The summed E-state index contributed by atoms with van der Waals surface area (Å²) in [7, 11) is 0. The number of carbonyl (C=O) groups is 1. The second kappa shape index (κ2) is 4.94. The van der Waals surface area contributed by atoms with Crippen LogP contribution in [0.15, 0.2) is 0 Å². The van der Waals surface area contributed by atoms with Gasteiger partial charge in [0.05, 0.1) is 6.42 Å². The SMILES string of the molecule is O=C(O)CC1CCCN1C1CCOCC1. The third-order valence-corrected chi connectivity index (χ3v) is 3.49. The zero-order valence-corrected chi connectivity index (χ0v) is 9.02. The van der Waals surface area contributed by atoms with Gasteiger partial charge in [0.2, 0.25) is 0 Å². The van der Waals surface area contributed by atoms with Crippen molar-refractivity contribution in [3.8, 4) is 0 Å². The molecule has 4 heteroatoms. The van der Waals surface area contributed by atoms with Gasteiger partial charge in [-0.1, -0.05) is 0 Å². The van der Waals surface area contributed by atoms with Crippen LogP contribution in [0.4, 0.5) is 0 Å². The Hall–Kier alpha value is -0.610. The van der Waals surface area contributed by atoms with E-state index in [0.29, 0.717) is 12.5 Å². The van der Waals surface area contributed by atoms with Gasteiger partial charge < -0.3 is 9.84 Å². The van der Waals surface area contributed by atoms with E-state index < -0.39 is 5.97 Å². The first-order chi connectivity index (χ1) is 7.27. The summed E-state index contributed by atoms with van der Waals surface area (Å²) in [4.78, 5) is 13.1. The minimum atomic E-state index is -0.668. The molecule has 0 radical (unpaired) electrons. The summed E-state index contributed by atoms with van der Waals surface area (Å²) in [6.07, 6.45) is 4.63. The molecular formula is C11H19NO3. The molecule has 0 saturated carbocycles. The lowest BCUT2D eigenvalue weighted by atomic mass is 10.0. The molecular weight excluding hydrogens is 194 g/mol. The molecule has 0 aromatic rings. The molecule has 15 heavy (non-hydrogen) atoms. The molecule has 1 atom stereocenters. The predicted octanol–water partition coefficient (Wildman–Crippen LogP) is 1.10. The van der Waals surface area contributed by atoms with Crippen molar-refractivity contribution in [3.63, 3.8) is 0 Å². The highest BCUT2D eigenvalue weighted by Gasteiger charge is 2.32. The largest absolute Gasteiger partial charge is 0.481 e. The van der Waals surface area contributed by atoms with Crippen molar-refractivity contribution in [3.05, 3.63) is 0 Å². The van der Waals surface area contributed by atoms with E-state index in [-0.39, 0.29) is 6.04 Å². The van der Waals surface area contributed by atoms with Crippen LogP contribution in [0.2, 0.25) is 0 Å². The maximum Gasteiger partial charge on any atom is 0.304 e. The molecule has 0 spiro atoms. The number of carboxylic acid groups (broad SMARTS) is 1. The summed E-state index contributed by atoms with van der Waals surface area (Å²) in [5.41, 5.74) is 0. The highest BCUT2D eigenvalue weighted by molar-refractivity contribution is 5.67. The van der Waals surface area contributed by atoms with Crippen molar-refractivity contribution < 1.29 is 14.6 Å². The zero-order chi connectivity index (χ0) is 10.7. The average Bonchev–Trinajstić information content (AvgIpc) is 2.66. The van der Waals surface area contributed by atoms with Gasteiger partial charge in [0.1, 0.15) is 0 Å². The fourth-order valence-corrected chi connectivity index (χ4v) is 2.78. The smallest absolute Gasteiger partial charge is 0.304 e. The standard InChI is InChI=1S/C11H19NO3/c13-11(14)8-10-2-1-5-12(10)9-3-6-15-7-4-9/h9-10H,1-8H2,(H,13,14). The molecule has 0 aromatic heterocycles. The maximum absolute atomic E-state index is 10.7. The molecule has 0 amide bonds. The van der Waals surface area contributed by atoms with Crippen LogP contribution in [0.3, 0.4) is 0 Å². The minimum Gasteiger partial charge on any atom is -0.481 e. The zero-order valence-electron chi connectivity index (χ0n) is 9.02. The van der Waals surface area contributed by atoms with Gasteiger partial charge in [-0.3, -0.25) is 9.69 Å². The predicted molar refractivity (Wildman–Crippen MR) is 55.8 cm³/mol. The van der Waals surface area contributed by atoms with Crippen molar-refractivity contribution in [1.29, 1.82) is 0 Å². The summed E-state index contributed by atoms with van der Waals surface area (Å²) < 4.78 is 5.33. The van der Waals surface area contributed by atoms with Crippen molar-refractivity contribution >= 4 is 5.97 Å². The van der Waals surface area contributed by atoms with Crippen molar-refractivity contribution in [2.75, 3.05) is 19.8 Å². The second-order valence-corrected chi connectivity index (χ2v) is 4.48. The summed E-state index contributed by atoms with van der Waals surface area (Å²) in [5.74, 6) is -0.668. The third kappa shape index (κ3) is 2.69. The molecule has 0 aromatic carbocycles. The van der Waals surface area contributed by atoms with Gasteiger partial charge in [0.15, 0.2) is 0 Å². The van der Waals surface area contributed by atoms with E-state index in [1.165, 1.54) is 0 Å². The Labute approximate surface area is 90.2 Å². The summed E-state index contributed by atoms with van der Waals surface area (Å²) in [6, 6.07) is 0.830. The lowest BCUT2D eigenvalue weighted by Crippen LogP contribution is -2.43. The fourth-order valence-electron chi connectivity index (χ4n) is 2.78. The van der Waals surface area contributed by atoms with Gasteiger partial charge in [0.25, 0.3) is 0 Å². The Morgan fingerprint density at radius 1 is 1.33 bits per heavy atom. The van der Waals surface area contributed by atoms with Gasteiger partial charge in [-0.15, -0.1) is 0 Å². The molecule has 86 valence electrons. The van der Waals surface area contributed by atoms with E-state index in [2.05, 4.69) is 4.90 Å². The molecule has 2 aliphatic rings. The highest BCUT2D eigenvalue weighted by Crippen LogP contribution is 2.26. The lowest BCUT2D eigenvalue weighted by molar-refractivity contribution is -0.138. The minimum absolute atomic E-state index is 0.269. The van der Waals surface area contributed by atoms with Gasteiger partial charge in [-0.05, 0) is 32.2 Å². The lowest BCUT2D eigenvalue weighted by Gasteiger charge is -2.34. The van der Waals surface area contributed by atoms with E-state index in [4.69, 9.17) is 9.84 Å². The molecule has 4 nitrogen and oxygen atoms in total. The van der Waals surface area contributed by atoms with E-state index in [1.54, 1.807) is 0 Å². The van der Waals surface area contributed by atoms with Crippen LogP contribution >= 0.6 is 0 Å². The van der Waals surface area contributed by atoms with Crippen LogP contribution in [-0.2, 0) is 9.53 Å². The van der Waals surface area contributed by atoms with Crippen LogP contribution in [-0.4, -0.2) is 47.8 Å². The number of rotatable bonds is 3. The molecule has 1 unspecified atom stereocenters. The van der Waals surface area contributed by atoms with Gasteiger partial charge >= 0.3 is 5.97 Å².